The average molecular weight is 335 g/mol. The molecule has 0 heterocycles. The summed E-state index contributed by atoms with van der Waals surface area (Å²) in [6.45, 7) is 4.74. The first-order chi connectivity index (χ1) is 11.5. The van der Waals surface area contributed by atoms with Crippen molar-refractivity contribution in [1.29, 1.82) is 0 Å². The fourth-order valence-electron chi connectivity index (χ4n) is 6.14. The Hall–Kier alpha value is -1.06. The van der Waals surface area contributed by atoms with Crippen LogP contribution in [0.2, 0.25) is 0 Å². The fraction of sp³-hybridized carbons (Fsp3) is 0.900. The molecule has 1 amide bonds. The maximum absolute atomic E-state index is 13.3. The zero-order chi connectivity index (χ0) is 17.3. The highest BCUT2D eigenvalue weighted by Crippen LogP contribution is 2.58. The highest BCUT2D eigenvalue weighted by Gasteiger charge is 2.54. The van der Waals surface area contributed by atoms with E-state index in [0.29, 0.717) is 13.0 Å². The van der Waals surface area contributed by atoms with E-state index in [0.717, 1.165) is 49.9 Å². The zero-order valence-corrected chi connectivity index (χ0v) is 15.6. The van der Waals surface area contributed by atoms with Gasteiger partial charge in [0.05, 0.1) is 13.5 Å². The van der Waals surface area contributed by atoms with Gasteiger partial charge in [-0.05, 0) is 69.1 Å². The molecule has 4 nitrogen and oxygen atoms in total. The number of carbonyl (C=O) groups is 2. The van der Waals surface area contributed by atoms with Crippen LogP contribution < -0.4 is 0 Å². The summed E-state index contributed by atoms with van der Waals surface area (Å²) >= 11 is 0. The Morgan fingerprint density at radius 3 is 1.96 bits per heavy atom. The van der Waals surface area contributed by atoms with Gasteiger partial charge in [-0.1, -0.05) is 13.8 Å². The van der Waals surface area contributed by atoms with Crippen LogP contribution in [0.4, 0.5) is 0 Å². The van der Waals surface area contributed by atoms with Crippen molar-refractivity contribution in [2.45, 2.75) is 77.2 Å². The minimum atomic E-state index is -0.206. The second kappa shape index (κ2) is 7.05. The summed E-state index contributed by atoms with van der Waals surface area (Å²) in [5, 5.41) is 0. The third kappa shape index (κ3) is 3.21. The normalized spacial score (nSPS) is 33.8. The quantitative estimate of drug-likeness (QED) is 0.665. The Kier molecular flexibility index (Phi) is 5.22. The molecule has 4 aliphatic carbocycles. The number of ether oxygens (including phenoxy) is 1. The lowest BCUT2D eigenvalue weighted by atomic mass is 9.52. The van der Waals surface area contributed by atoms with Crippen LogP contribution in [0.3, 0.4) is 0 Å². The number of methoxy groups -OCH3 is 1. The molecule has 0 atom stereocenters. The smallest absolute Gasteiger partial charge is 0.307 e. The standard InChI is InChI=1S/C20H33NO3/c1-4-17(5-2)19(23)21(7-6-18(22)24-3)20-11-14-8-15(12-20)10-16(9-14)13-20/h14-17H,4-13H2,1-3H3. The second-order valence-electron chi connectivity index (χ2n) is 8.47. The topological polar surface area (TPSA) is 46.6 Å². The lowest BCUT2D eigenvalue weighted by Gasteiger charge is -2.60. The van der Waals surface area contributed by atoms with Crippen molar-refractivity contribution in [3.63, 3.8) is 0 Å². The third-order valence-electron chi connectivity index (χ3n) is 6.95. The molecule has 24 heavy (non-hydrogen) atoms. The number of amides is 1. The van der Waals surface area contributed by atoms with E-state index in [1.54, 1.807) is 0 Å². The van der Waals surface area contributed by atoms with Gasteiger partial charge in [-0.15, -0.1) is 0 Å². The van der Waals surface area contributed by atoms with E-state index in [-0.39, 0.29) is 23.3 Å². The predicted molar refractivity (Wildman–Crippen MR) is 93.3 cm³/mol. The largest absolute Gasteiger partial charge is 0.469 e. The van der Waals surface area contributed by atoms with Crippen LogP contribution in [0.5, 0.6) is 0 Å². The van der Waals surface area contributed by atoms with Crippen LogP contribution >= 0.6 is 0 Å². The predicted octanol–water partition coefficient (Wildman–Crippen LogP) is 3.78. The van der Waals surface area contributed by atoms with Crippen LogP contribution in [-0.4, -0.2) is 36.0 Å². The summed E-state index contributed by atoms with van der Waals surface area (Å²) in [4.78, 5) is 27.2. The van der Waals surface area contributed by atoms with E-state index in [1.165, 1.54) is 26.4 Å². The number of rotatable bonds is 7. The van der Waals surface area contributed by atoms with Gasteiger partial charge in [-0.3, -0.25) is 9.59 Å². The van der Waals surface area contributed by atoms with Crippen molar-refractivity contribution in [2.24, 2.45) is 23.7 Å². The summed E-state index contributed by atoms with van der Waals surface area (Å²) in [6.07, 6.45) is 9.66. The molecule has 0 spiro atoms. The Labute approximate surface area is 146 Å². The first kappa shape index (κ1) is 17.8. The van der Waals surface area contributed by atoms with Crippen LogP contribution in [0.1, 0.15) is 71.6 Å². The molecule has 0 aliphatic heterocycles. The lowest BCUT2D eigenvalue weighted by molar-refractivity contribution is -0.157. The van der Waals surface area contributed by atoms with Crippen molar-refractivity contribution in [1.82, 2.24) is 4.90 Å². The van der Waals surface area contributed by atoms with E-state index in [1.807, 2.05) is 0 Å². The molecule has 4 rings (SSSR count). The van der Waals surface area contributed by atoms with Gasteiger partial charge in [0.15, 0.2) is 0 Å². The van der Waals surface area contributed by atoms with Gasteiger partial charge in [-0.25, -0.2) is 0 Å². The summed E-state index contributed by atoms with van der Waals surface area (Å²) in [6, 6.07) is 0. The summed E-state index contributed by atoms with van der Waals surface area (Å²) in [5.41, 5.74) is 0.0302. The van der Waals surface area contributed by atoms with E-state index in [4.69, 9.17) is 4.74 Å². The fourth-order valence-corrected chi connectivity index (χ4v) is 6.14. The molecule has 0 radical (unpaired) electrons. The SMILES string of the molecule is CCC(CC)C(=O)N(CCC(=O)OC)C12CC3CC(CC(C3)C1)C2. The summed E-state index contributed by atoms with van der Waals surface area (Å²) in [5.74, 6) is 2.56. The number of carbonyl (C=O) groups excluding carboxylic acids is 2. The van der Waals surface area contributed by atoms with Gasteiger partial charge < -0.3 is 9.64 Å². The molecular weight excluding hydrogens is 302 g/mol. The minimum absolute atomic E-state index is 0.0302. The summed E-state index contributed by atoms with van der Waals surface area (Å²) in [7, 11) is 1.43. The average Bonchev–Trinajstić information content (AvgIpc) is 2.54. The van der Waals surface area contributed by atoms with E-state index in [9.17, 15) is 9.59 Å². The molecule has 4 fully saturated rings. The van der Waals surface area contributed by atoms with Crippen molar-refractivity contribution >= 4 is 11.9 Å². The van der Waals surface area contributed by atoms with Gasteiger partial charge in [0.25, 0.3) is 0 Å². The molecule has 0 aromatic carbocycles. The highest BCUT2D eigenvalue weighted by molar-refractivity contribution is 5.80. The molecule has 0 unspecified atom stereocenters. The number of esters is 1. The first-order valence-electron chi connectivity index (χ1n) is 9.89. The molecule has 0 aromatic rings. The van der Waals surface area contributed by atoms with Crippen molar-refractivity contribution in [3.05, 3.63) is 0 Å². The van der Waals surface area contributed by atoms with Crippen LogP contribution in [0, 0.1) is 23.7 Å². The van der Waals surface area contributed by atoms with Gasteiger partial charge in [0, 0.05) is 18.0 Å². The van der Waals surface area contributed by atoms with E-state index in [2.05, 4.69) is 18.7 Å². The monoisotopic (exact) mass is 335 g/mol. The zero-order valence-electron chi connectivity index (χ0n) is 15.6. The van der Waals surface area contributed by atoms with Gasteiger partial charge >= 0.3 is 5.97 Å². The van der Waals surface area contributed by atoms with E-state index < -0.39 is 0 Å². The molecule has 4 aliphatic rings. The Morgan fingerprint density at radius 2 is 1.54 bits per heavy atom. The molecule has 0 aromatic heterocycles. The maximum atomic E-state index is 13.3. The maximum Gasteiger partial charge on any atom is 0.307 e. The molecule has 0 N–H and O–H groups in total. The van der Waals surface area contributed by atoms with Gasteiger partial charge in [0.1, 0.15) is 0 Å². The Bertz CT molecular complexity index is 448. The molecular formula is C20H33NO3. The van der Waals surface area contributed by atoms with E-state index >= 15 is 0 Å². The Balaban J connectivity index is 1.83. The molecule has 136 valence electrons. The van der Waals surface area contributed by atoms with Crippen molar-refractivity contribution < 1.29 is 14.3 Å². The number of hydrogen-bond donors (Lipinski definition) is 0. The molecule has 4 bridgehead atoms. The van der Waals surface area contributed by atoms with Crippen LogP contribution in [-0.2, 0) is 14.3 Å². The van der Waals surface area contributed by atoms with Crippen LogP contribution in [0.15, 0.2) is 0 Å². The number of nitrogens with zero attached hydrogens (tertiary/aromatic N) is 1. The first-order valence-corrected chi connectivity index (χ1v) is 9.89. The summed E-state index contributed by atoms with van der Waals surface area (Å²) < 4.78 is 4.84. The molecule has 4 saturated carbocycles. The van der Waals surface area contributed by atoms with Gasteiger partial charge in [-0.2, -0.15) is 0 Å². The lowest BCUT2D eigenvalue weighted by Crippen LogP contribution is -2.62. The van der Waals surface area contributed by atoms with Crippen LogP contribution in [0.25, 0.3) is 0 Å². The second-order valence-corrected chi connectivity index (χ2v) is 8.47. The van der Waals surface area contributed by atoms with Crippen molar-refractivity contribution in [2.75, 3.05) is 13.7 Å². The minimum Gasteiger partial charge on any atom is -0.469 e. The third-order valence-corrected chi connectivity index (χ3v) is 6.95. The van der Waals surface area contributed by atoms with Gasteiger partial charge in [0.2, 0.25) is 5.91 Å². The highest BCUT2D eigenvalue weighted by atomic mass is 16.5. The Morgan fingerprint density at radius 1 is 1.04 bits per heavy atom. The molecule has 0 saturated heterocycles. The molecule has 4 heteroatoms. The van der Waals surface area contributed by atoms with Crippen molar-refractivity contribution in [3.8, 4) is 0 Å². The number of hydrogen-bond acceptors (Lipinski definition) is 3.